The number of nitrogens with two attached hydrogens (primary N) is 1. The van der Waals surface area contributed by atoms with Crippen LogP contribution in [-0.2, 0) is 6.61 Å². The Kier molecular flexibility index (Phi) is 5.12. The molecule has 3 amide bonds. The van der Waals surface area contributed by atoms with Gasteiger partial charge in [-0.2, -0.15) is 4.37 Å². The highest BCUT2D eigenvalue weighted by Gasteiger charge is 2.22. The second kappa shape index (κ2) is 7.05. The maximum Gasteiger partial charge on any atom is 0.319 e. The minimum Gasteiger partial charge on any atom is -0.471 e. The first kappa shape index (κ1) is 16.7. The lowest BCUT2D eigenvalue weighted by atomic mass is 10.1. The molecule has 0 radical (unpaired) electrons. The first-order valence-corrected chi connectivity index (χ1v) is 7.35. The van der Waals surface area contributed by atoms with Gasteiger partial charge in [-0.15, -0.1) is 0 Å². The molecule has 0 aliphatic carbocycles. The average Bonchev–Trinajstić information content (AvgIpc) is 2.89. The van der Waals surface area contributed by atoms with Crippen molar-refractivity contribution in [3.05, 3.63) is 40.7 Å². The van der Waals surface area contributed by atoms with Crippen molar-refractivity contribution < 1.29 is 18.7 Å². The minimum absolute atomic E-state index is 0.0473. The van der Waals surface area contributed by atoms with Crippen LogP contribution in [0.4, 0.5) is 14.2 Å². The maximum absolute atomic E-state index is 13.8. The van der Waals surface area contributed by atoms with Gasteiger partial charge in [0.2, 0.25) is 5.88 Å². The van der Waals surface area contributed by atoms with Crippen molar-refractivity contribution in [2.75, 3.05) is 12.4 Å². The van der Waals surface area contributed by atoms with E-state index < -0.39 is 17.8 Å². The summed E-state index contributed by atoms with van der Waals surface area (Å²) in [7, 11) is 1.43. The number of hydrogen-bond donors (Lipinski definition) is 3. The summed E-state index contributed by atoms with van der Waals surface area (Å²) >= 11 is 0.848. The summed E-state index contributed by atoms with van der Waals surface area (Å²) in [5.41, 5.74) is 6.35. The number of nitrogens with zero attached hydrogens (tertiary/aromatic N) is 1. The van der Waals surface area contributed by atoms with Gasteiger partial charge in [0.25, 0.3) is 5.91 Å². The van der Waals surface area contributed by atoms with Crippen LogP contribution in [0.2, 0.25) is 0 Å². The van der Waals surface area contributed by atoms with E-state index in [4.69, 9.17) is 10.5 Å². The summed E-state index contributed by atoms with van der Waals surface area (Å²) in [6.07, 6.45) is 0. The second-order valence-corrected chi connectivity index (χ2v) is 5.42. The van der Waals surface area contributed by atoms with E-state index in [1.165, 1.54) is 13.1 Å². The van der Waals surface area contributed by atoms with E-state index in [1.807, 2.05) is 0 Å². The van der Waals surface area contributed by atoms with Crippen molar-refractivity contribution in [2.45, 2.75) is 13.5 Å². The average molecular weight is 338 g/mol. The van der Waals surface area contributed by atoms with Gasteiger partial charge >= 0.3 is 6.03 Å². The van der Waals surface area contributed by atoms with Crippen molar-refractivity contribution >= 4 is 28.5 Å². The van der Waals surface area contributed by atoms with Crippen LogP contribution in [0.5, 0.6) is 5.88 Å². The number of amides is 3. The molecule has 0 saturated carbocycles. The van der Waals surface area contributed by atoms with E-state index in [9.17, 15) is 14.0 Å². The lowest BCUT2D eigenvalue weighted by Gasteiger charge is -2.07. The number of carbonyl (C=O) groups excluding carboxylic acids is 2. The molecule has 1 aromatic carbocycles. The fourth-order valence-electron chi connectivity index (χ4n) is 1.76. The van der Waals surface area contributed by atoms with Gasteiger partial charge in [-0.05, 0) is 30.1 Å². The van der Waals surface area contributed by atoms with Crippen molar-refractivity contribution in [2.24, 2.45) is 5.73 Å². The van der Waals surface area contributed by atoms with E-state index in [2.05, 4.69) is 15.0 Å². The van der Waals surface area contributed by atoms with Crippen molar-refractivity contribution in [3.8, 4) is 5.88 Å². The van der Waals surface area contributed by atoms with E-state index in [1.54, 1.807) is 19.1 Å². The fraction of sp³-hybridized carbons (Fsp3) is 0.214. The minimum atomic E-state index is -0.801. The number of anilines is 1. The first-order chi connectivity index (χ1) is 10.9. The highest BCUT2D eigenvalue weighted by Crippen LogP contribution is 2.30. The topological polar surface area (TPSA) is 106 Å². The molecular formula is C14H15FN4O3S. The molecule has 1 aromatic heterocycles. The number of carbonyl (C=O) groups is 2. The number of urea groups is 1. The lowest BCUT2D eigenvalue weighted by Crippen LogP contribution is -2.25. The Bertz CT molecular complexity index is 748. The van der Waals surface area contributed by atoms with E-state index in [0.717, 1.165) is 17.1 Å². The van der Waals surface area contributed by atoms with Gasteiger partial charge < -0.3 is 15.8 Å². The summed E-state index contributed by atoms with van der Waals surface area (Å²) in [4.78, 5) is 22.9. The molecule has 1 heterocycles. The highest BCUT2D eigenvalue weighted by atomic mass is 32.1. The molecule has 0 aliphatic rings. The molecule has 0 bridgehead atoms. The standard InChI is InChI=1S/C14H15FN4O3S/c1-7-3-4-8(9(15)5-7)6-22-12-10(11(16)20)13(23-19-12)18-14(21)17-2/h3-5H,6H2,1-2H3,(H2,16,20)(H2,17,18,21). The van der Waals surface area contributed by atoms with E-state index in [-0.39, 0.29) is 23.1 Å². The number of ether oxygens (including phenoxy) is 1. The van der Waals surface area contributed by atoms with Crippen molar-refractivity contribution in [1.82, 2.24) is 9.69 Å². The number of rotatable bonds is 5. The molecule has 0 spiro atoms. The predicted molar refractivity (Wildman–Crippen MR) is 84.2 cm³/mol. The molecule has 2 aromatic rings. The SMILES string of the molecule is CNC(=O)Nc1snc(OCc2ccc(C)cc2F)c1C(N)=O. The molecule has 0 saturated heterocycles. The third kappa shape index (κ3) is 3.95. The molecule has 0 atom stereocenters. The summed E-state index contributed by atoms with van der Waals surface area (Å²) in [5.74, 6) is -1.26. The highest BCUT2D eigenvalue weighted by molar-refractivity contribution is 7.11. The Hall–Kier alpha value is -2.68. The molecular weight excluding hydrogens is 323 g/mol. The first-order valence-electron chi connectivity index (χ1n) is 6.58. The summed E-state index contributed by atoms with van der Waals surface area (Å²) < 4.78 is 23.1. The molecule has 122 valence electrons. The third-order valence-electron chi connectivity index (χ3n) is 2.93. The van der Waals surface area contributed by atoms with Gasteiger partial charge in [-0.3, -0.25) is 10.1 Å². The normalized spacial score (nSPS) is 10.2. The number of aromatic nitrogens is 1. The zero-order valence-corrected chi connectivity index (χ0v) is 13.3. The molecule has 7 nitrogen and oxygen atoms in total. The zero-order valence-electron chi connectivity index (χ0n) is 12.5. The number of hydrogen-bond acceptors (Lipinski definition) is 5. The van der Waals surface area contributed by atoms with Crippen LogP contribution >= 0.6 is 11.5 Å². The Morgan fingerprint density at radius 3 is 2.78 bits per heavy atom. The largest absolute Gasteiger partial charge is 0.471 e. The van der Waals surface area contributed by atoms with Crippen LogP contribution in [0.25, 0.3) is 0 Å². The smallest absolute Gasteiger partial charge is 0.319 e. The van der Waals surface area contributed by atoms with Gasteiger partial charge in [-0.1, -0.05) is 12.1 Å². The Balaban J connectivity index is 2.19. The quantitative estimate of drug-likeness (QED) is 0.775. The third-order valence-corrected chi connectivity index (χ3v) is 3.68. The number of aryl methyl sites for hydroxylation is 1. The summed E-state index contributed by atoms with van der Waals surface area (Å²) in [5, 5.41) is 4.94. The van der Waals surface area contributed by atoms with Crippen LogP contribution in [0.15, 0.2) is 18.2 Å². The Morgan fingerprint density at radius 2 is 2.17 bits per heavy atom. The van der Waals surface area contributed by atoms with Crippen LogP contribution < -0.4 is 21.1 Å². The molecule has 4 N–H and O–H groups in total. The monoisotopic (exact) mass is 338 g/mol. The van der Waals surface area contributed by atoms with Crippen LogP contribution in [-0.4, -0.2) is 23.4 Å². The van der Waals surface area contributed by atoms with Crippen molar-refractivity contribution in [3.63, 3.8) is 0 Å². The summed E-state index contributed by atoms with van der Waals surface area (Å²) in [6, 6.07) is 4.20. The molecule has 23 heavy (non-hydrogen) atoms. The molecule has 0 unspecified atom stereocenters. The van der Waals surface area contributed by atoms with Crippen LogP contribution in [0, 0.1) is 12.7 Å². The van der Waals surface area contributed by atoms with E-state index >= 15 is 0 Å². The van der Waals surface area contributed by atoms with Gasteiger partial charge in [0.05, 0.1) is 0 Å². The fourth-order valence-corrected chi connectivity index (χ4v) is 2.49. The number of halogens is 1. The van der Waals surface area contributed by atoms with Gasteiger partial charge in [0, 0.05) is 12.6 Å². The van der Waals surface area contributed by atoms with Crippen LogP contribution in [0.1, 0.15) is 21.5 Å². The van der Waals surface area contributed by atoms with Gasteiger partial charge in [-0.25, -0.2) is 9.18 Å². The molecule has 2 rings (SSSR count). The number of nitrogens with one attached hydrogen (secondary N) is 2. The number of primary amides is 1. The van der Waals surface area contributed by atoms with Gasteiger partial charge in [0.1, 0.15) is 23.0 Å². The Labute approximate surface area is 135 Å². The van der Waals surface area contributed by atoms with E-state index in [0.29, 0.717) is 5.56 Å². The second-order valence-electron chi connectivity index (χ2n) is 4.64. The predicted octanol–water partition coefficient (Wildman–Crippen LogP) is 2.02. The maximum atomic E-state index is 13.8. The van der Waals surface area contributed by atoms with Crippen LogP contribution in [0.3, 0.4) is 0 Å². The lowest BCUT2D eigenvalue weighted by molar-refractivity contribution is 0.0996. The van der Waals surface area contributed by atoms with Crippen molar-refractivity contribution in [1.29, 1.82) is 0 Å². The molecule has 0 aliphatic heterocycles. The molecule has 9 heteroatoms. The molecule has 0 fully saturated rings. The zero-order chi connectivity index (χ0) is 17.0. The Morgan fingerprint density at radius 1 is 1.43 bits per heavy atom. The summed E-state index contributed by atoms with van der Waals surface area (Å²) in [6.45, 7) is 1.66. The number of benzene rings is 1. The van der Waals surface area contributed by atoms with Gasteiger partial charge in [0.15, 0.2) is 0 Å².